The maximum absolute atomic E-state index is 12.5. The lowest BCUT2D eigenvalue weighted by atomic mass is 10.00. The minimum absolute atomic E-state index is 0.0801. The molecule has 2 rings (SSSR count). The molecule has 0 saturated carbocycles. The standard InChI is InChI=1S/C10H8ClF3O/c1-9(5-15-9)6-2-7(10(12,13)14)4-8(11)3-6/h2-4H,5H2,1H3. The maximum atomic E-state index is 12.5. The van der Waals surface area contributed by atoms with Crippen molar-refractivity contribution in [2.75, 3.05) is 6.61 Å². The van der Waals surface area contributed by atoms with Crippen LogP contribution in [0.2, 0.25) is 5.02 Å². The molecule has 1 fully saturated rings. The predicted molar refractivity (Wildman–Crippen MR) is 49.8 cm³/mol. The molecule has 1 atom stereocenters. The topological polar surface area (TPSA) is 12.5 Å². The lowest BCUT2D eigenvalue weighted by Gasteiger charge is -2.11. The van der Waals surface area contributed by atoms with Crippen molar-refractivity contribution in [3.05, 3.63) is 34.3 Å². The van der Waals surface area contributed by atoms with E-state index in [-0.39, 0.29) is 5.02 Å². The summed E-state index contributed by atoms with van der Waals surface area (Å²) in [5.41, 5.74) is -0.852. The van der Waals surface area contributed by atoms with Crippen molar-refractivity contribution in [1.82, 2.24) is 0 Å². The van der Waals surface area contributed by atoms with Crippen molar-refractivity contribution in [1.29, 1.82) is 0 Å². The van der Waals surface area contributed by atoms with Gasteiger partial charge < -0.3 is 4.74 Å². The first-order valence-corrected chi connectivity index (χ1v) is 4.71. The van der Waals surface area contributed by atoms with Crippen LogP contribution in [0.5, 0.6) is 0 Å². The van der Waals surface area contributed by atoms with E-state index >= 15 is 0 Å². The van der Waals surface area contributed by atoms with E-state index in [1.807, 2.05) is 0 Å². The molecule has 1 aliphatic rings. The molecule has 0 aromatic heterocycles. The van der Waals surface area contributed by atoms with E-state index in [1.165, 1.54) is 6.07 Å². The Morgan fingerprint density at radius 2 is 1.93 bits per heavy atom. The fraction of sp³-hybridized carbons (Fsp3) is 0.400. The lowest BCUT2D eigenvalue weighted by molar-refractivity contribution is -0.137. The fourth-order valence-corrected chi connectivity index (χ4v) is 1.57. The van der Waals surface area contributed by atoms with Crippen LogP contribution in [0.4, 0.5) is 13.2 Å². The second-order valence-corrected chi connectivity index (χ2v) is 4.18. The molecular formula is C10H8ClF3O. The molecule has 5 heteroatoms. The Bertz CT molecular complexity index is 373. The van der Waals surface area contributed by atoms with Crippen LogP contribution in [0.25, 0.3) is 0 Å². The van der Waals surface area contributed by atoms with E-state index in [0.717, 1.165) is 12.1 Å². The van der Waals surface area contributed by atoms with Crippen LogP contribution < -0.4 is 0 Å². The van der Waals surface area contributed by atoms with Gasteiger partial charge >= 0.3 is 6.18 Å². The van der Waals surface area contributed by atoms with Crippen molar-refractivity contribution in [3.63, 3.8) is 0 Å². The van der Waals surface area contributed by atoms with Crippen LogP contribution in [-0.2, 0) is 16.5 Å². The number of benzene rings is 1. The molecule has 0 radical (unpaired) electrons. The molecule has 1 heterocycles. The zero-order valence-electron chi connectivity index (χ0n) is 7.86. The van der Waals surface area contributed by atoms with E-state index in [0.29, 0.717) is 12.2 Å². The van der Waals surface area contributed by atoms with Crippen molar-refractivity contribution in [2.45, 2.75) is 18.7 Å². The molecule has 0 spiro atoms. The molecule has 15 heavy (non-hydrogen) atoms. The van der Waals surface area contributed by atoms with Crippen molar-refractivity contribution >= 4 is 11.6 Å². The SMILES string of the molecule is CC1(c2cc(Cl)cc(C(F)(F)F)c2)CO1. The third-order valence-electron chi connectivity index (χ3n) is 2.41. The van der Waals surface area contributed by atoms with E-state index in [9.17, 15) is 13.2 Å². The average molecular weight is 237 g/mol. The van der Waals surface area contributed by atoms with Crippen LogP contribution in [-0.4, -0.2) is 6.61 Å². The number of hydrogen-bond donors (Lipinski definition) is 0. The molecule has 1 saturated heterocycles. The van der Waals surface area contributed by atoms with Gasteiger partial charge in [-0.3, -0.25) is 0 Å². The highest BCUT2D eigenvalue weighted by atomic mass is 35.5. The van der Waals surface area contributed by atoms with Crippen molar-refractivity contribution in [2.24, 2.45) is 0 Å². The predicted octanol–water partition coefficient (Wildman–Crippen LogP) is 3.60. The summed E-state index contributed by atoms with van der Waals surface area (Å²) in [5.74, 6) is 0. The molecule has 0 amide bonds. The second-order valence-electron chi connectivity index (χ2n) is 3.75. The molecule has 1 nitrogen and oxygen atoms in total. The number of epoxide rings is 1. The minimum atomic E-state index is -4.37. The first kappa shape index (κ1) is 10.8. The molecular weight excluding hydrogens is 229 g/mol. The van der Waals surface area contributed by atoms with Gasteiger partial charge in [-0.2, -0.15) is 13.2 Å². The third-order valence-corrected chi connectivity index (χ3v) is 2.63. The molecule has 0 N–H and O–H groups in total. The summed E-state index contributed by atoms with van der Waals surface area (Å²) in [6.07, 6.45) is -4.37. The maximum Gasteiger partial charge on any atom is 0.416 e. The Balaban J connectivity index is 2.46. The summed E-state index contributed by atoms with van der Waals surface area (Å²) in [6, 6.07) is 3.50. The summed E-state index contributed by atoms with van der Waals surface area (Å²) in [5, 5.41) is 0.0801. The molecule has 1 unspecified atom stereocenters. The highest BCUT2D eigenvalue weighted by Gasteiger charge is 2.43. The van der Waals surface area contributed by atoms with Crippen LogP contribution in [0.1, 0.15) is 18.1 Å². The average Bonchev–Trinajstić information content (AvgIpc) is 2.82. The van der Waals surface area contributed by atoms with Gasteiger partial charge in [0.25, 0.3) is 0 Å². The summed E-state index contributed by atoms with van der Waals surface area (Å²) in [6.45, 7) is 2.17. The van der Waals surface area contributed by atoms with E-state index in [2.05, 4.69) is 0 Å². The van der Waals surface area contributed by atoms with E-state index in [4.69, 9.17) is 16.3 Å². The number of ether oxygens (including phenoxy) is 1. The summed E-state index contributed by atoms with van der Waals surface area (Å²) in [7, 11) is 0. The van der Waals surface area contributed by atoms with Crippen LogP contribution in [0, 0.1) is 0 Å². The highest BCUT2D eigenvalue weighted by Crippen LogP contribution is 2.41. The summed E-state index contributed by atoms with van der Waals surface area (Å²) >= 11 is 5.63. The molecule has 82 valence electrons. The van der Waals surface area contributed by atoms with Gasteiger partial charge in [-0.1, -0.05) is 11.6 Å². The molecule has 1 aromatic carbocycles. The van der Waals surface area contributed by atoms with E-state index in [1.54, 1.807) is 6.92 Å². The van der Waals surface area contributed by atoms with E-state index < -0.39 is 17.3 Å². The second kappa shape index (κ2) is 3.12. The number of alkyl halides is 3. The number of rotatable bonds is 1. The van der Waals surface area contributed by atoms with Crippen LogP contribution in [0.3, 0.4) is 0 Å². The Kier molecular flexibility index (Phi) is 2.24. The van der Waals surface area contributed by atoms with Crippen LogP contribution in [0.15, 0.2) is 18.2 Å². The van der Waals surface area contributed by atoms with Gasteiger partial charge in [-0.25, -0.2) is 0 Å². The molecule has 0 bridgehead atoms. The number of hydrogen-bond acceptors (Lipinski definition) is 1. The summed E-state index contributed by atoms with van der Waals surface area (Å²) < 4.78 is 42.4. The zero-order chi connectivity index (χ0) is 11.3. The first-order valence-electron chi connectivity index (χ1n) is 4.33. The van der Waals surface area contributed by atoms with Crippen molar-refractivity contribution in [3.8, 4) is 0 Å². The van der Waals surface area contributed by atoms with Gasteiger partial charge in [0.1, 0.15) is 5.60 Å². The zero-order valence-corrected chi connectivity index (χ0v) is 8.62. The normalized spacial score (nSPS) is 25.4. The van der Waals surface area contributed by atoms with Gasteiger partial charge in [-0.15, -0.1) is 0 Å². The monoisotopic (exact) mass is 236 g/mol. The highest BCUT2D eigenvalue weighted by molar-refractivity contribution is 6.30. The Morgan fingerprint density at radius 1 is 1.33 bits per heavy atom. The van der Waals surface area contributed by atoms with Gasteiger partial charge in [0.15, 0.2) is 0 Å². The number of halogens is 4. The lowest BCUT2D eigenvalue weighted by Crippen LogP contribution is -2.09. The fourth-order valence-electron chi connectivity index (χ4n) is 1.33. The third kappa shape index (κ3) is 2.11. The Labute approximate surface area is 89.8 Å². The Hall–Kier alpha value is -0.740. The molecule has 0 aliphatic carbocycles. The first-order chi connectivity index (χ1) is 6.81. The van der Waals surface area contributed by atoms with Crippen molar-refractivity contribution < 1.29 is 17.9 Å². The molecule has 1 aliphatic heterocycles. The quantitative estimate of drug-likeness (QED) is 0.679. The summed E-state index contributed by atoms with van der Waals surface area (Å²) in [4.78, 5) is 0. The Morgan fingerprint density at radius 3 is 2.40 bits per heavy atom. The smallest absolute Gasteiger partial charge is 0.365 e. The molecule has 1 aromatic rings. The minimum Gasteiger partial charge on any atom is -0.365 e. The largest absolute Gasteiger partial charge is 0.416 e. The van der Waals surface area contributed by atoms with Gasteiger partial charge in [-0.05, 0) is 30.7 Å². The van der Waals surface area contributed by atoms with Gasteiger partial charge in [0, 0.05) is 5.02 Å². The van der Waals surface area contributed by atoms with Gasteiger partial charge in [0.05, 0.1) is 12.2 Å². The van der Waals surface area contributed by atoms with Gasteiger partial charge in [0.2, 0.25) is 0 Å². The van der Waals surface area contributed by atoms with Crippen LogP contribution >= 0.6 is 11.6 Å².